The van der Waals surface area contributed by atoms with Gasteiger partial charge in [0.2, 0.25) is 5.89 Å². The Morgan fingerprint density at radius 2 is 2.06 bits per heavy atom. The lowest BCUT2D eigenvalue weighted by molar-refractivity contribution is -0.134. The Balaban J connectivity index is 2.42. The number of rotatable bonds is 5. The fourth-order valence-corrected chi connectivity index (χ4v) is 1.03. The lowest BCUT2D eigenvalue weighted by Gasteiger charge is -2.01. The number of nitrogens with zero attached hydrogens (tertiary/aromatic N) is 2. The monoisotopic (exact) mass is 236 g/mol. The Bertz CT molecular complexity index is 360. The zero-order valence-corrected chi connectivity index (χ0v) is 8.67. The van der Waals surface area contributed by atoms with Gasteiger partial charge in [0.15, 0.2) is 5.82 Å². The number of carbonyl (C=O) groups is 1. The van der Waals surface area contributed by atoms with E-state index in [1.54, 1.807) is 0 Å². The number of ketones is 1. The molecule has 1 aromatic rings. The summed E-state index contributed by atoms with van der Waals surface area (Å²) in [6, 6.07) is 0. The first kappa shape index (κ1) is 12.7. The highest BCUT2D eigenvalue weighted by Crippen LogP contribution is 2.21. The first-order valence-electron chi connectivity index (χ1n) is 4.74. The summed E-state index contributed by atoms with van der Waals surface area (Å²) in [5.41, 5.74) is 0. The van der Waals surface area contributed by atoms with Gasteiger partial charge in [-0.25, -0.2) is 0 Å². The third kappa shape index (κ3) is 4.90. The molecule has 0 aliphatic carbocycles. The van der Waals surface area contributed by atoms with Crippen LogP contribution in [0.15, 0.2) is 4.52 Å². The predicted octanol–water partition coefficient (Wildman–Crippen LogP) is 2.09. The fraction of sp³-hybridized carbons (Fsp3) is 0.667. The van der Waals surface area contributed by atoms with E-state index < -0.39 is 12.6 Å². The largest absolute Gasteiger partial charge is 0.389 e. The van der Waals surface area contributed by atoms with Crippen LogP contribution in [-0.2, 0) is 17.6 Å². The van der Waals surface area contributed by atoms with Gasteiger partial charge < -0.3 is 9.32 Å². The molecule has 0 fully saturated rings. The number of halogens is 3. The van der Waals surface area contributed by atoms with Crippen LogP contribution in [-0.4, -0.2) is 22.1 Å². The summed E-state index contributed by atoms with van der Waals surface area (Å²) in [6.45, 7) is 1.42. The second-order valence-corrected chi connectivity index (χ2v) is 3.42. The Labute approximate surface area is 89.8 Å². The molecule has 7 heteroatoms. The molecular weight excluding hydrogens is 225 g/mol. The molecule has 0 saturated carbocycles. The van der Waals surface area contributed by atoms with Crippen molar-refractivity contribution < 1.29 is 22.5 Å². The van der Waals surface area contributed by atoms with Crippen molar-refractivity contribution in [1.82, 2.24) is 10.1 Å². The van der Waals surface area contributed by atoms with Gasteiger partial charge in [0, 0.05) is 19.3 Å². The van der Waals surface area contributed by atoms with Gasteiger partial charge in [-0.2, -0.15) is 18.2 Å². The molecule has 90 valence electrons. The quantitative estimate of drug-likeness (QED) is 0.785. The average Bonchev–Trinajstić information content (AvgIpc) is 2.58. The minimum absolute atomic E-state index is 0.0240. The van der Waals surface area contributed by atoms with Gasteiger partial charge in [0.25, 0.3) is 0 Å². The van der Waals surface area contributed by atoms with Crippen molar-refractivity contribution in [1.29, 1.82) is 0 Å². The molecule has 1 rings (SSSR count). The summed E-state index contributed by atoms with van der Waals surface area (Å²) in [5, 5.41) is 3.40. The molecular formula is C9H11F3N2O2. The summed E-state index contributed by atoms with van der Waals surface area (Å²) >= 11 is 0. The third-order valence-electron chi connectivity index (χ3n) is 1.83. The zero-order valence-electron chi connectivity index (χ0n) is 8.67. The second-order valence-electron chi connectivity index (χ2n) is 3.42. The zero-order chi connectivity index (χ0) is 12.2. The maximum Gasteiger partial charge on any atom is 0.389 e. The van der Waals surface area contributed by atoms with Crippen LogP contribution in [0.3, 0.4) is 0 Å². The first-order chi connectivity index (χ1) is 7.37. The molecule has 0 N–H and O–H groups in total. The number of Topliss-reactive ketones (excluding diaryl/α,β-unsaturated/α-hetero) is 1. The highest BCUT2D eigenvalue weighted by Gasteiger charge is 2.27. The molecule has 0 atom stereocenters. The lowest BCUT2D eigenvalue weighted by atomic mass is 10.2. The summed E-state index contributed by atoms with van der Waals surface area (Å²) in [4.78, 5) is 14.4. The number of alkyl halides is 3. The van der Waals surface area contributed by atoms with Crippen molar-refractivity contribution in [2.75, 3.05) is 0 Å². The molecule has 0 aliphatic rings. The van der Waals surface area contributed by atoms with Crippen molar-refractivity contribution in [3.8, 4) is 0 Å². The highest BCUT2D eigenvalue weighted by atomic mass is 19.4. The van der Waals surface area contributed by atoms with Crippen LogP contribution >= 0.6 is 0 Å². The van der Waals surface area contributed by atoms with Crippen molar-refractivity contribution in [2.24, 2.45) is 0 Å². The number of carbonyl (C=O) groups excluding carboxylic acids is 1. The van der Waals surface area contributed by atoms with E-state index >= 15 is 0 Å². The number of aromatic nitrogens is 2. The van der Waals surface area contributed by atoms with Crippen LogP contribution in [0.5, 0.6) is 0 Å². The van der Waals surface area contributed by atoms with E-state index in [9.17, 15) is 18.0 Å². The molecule has 0 aliphatic heterocycles. The van der Waals surface area contributed by atoms with Crippen molar-refractivity contribution in [3.05, 3.63) is 11.7 Å². The van der Waals surface area contributed by atoms with Crippen molar-refractivity contribution in [3.63, 3.8) is 0 Å². The van der Waals surface area contributed by atoms with E-state index in [2.05, 4.69) is 10.1 Å². The van der Waals surface area contributed by atoms with Crippen LogP contribution in [0.4, 0.5) is 13.2 Å². The van der Waals surface area contributed by atoms with E-state index in [4.69, 9.17) is 4.52 Å². The van der Waals surface area contributed by atoms with Crippen LogP contribution in [0.2, 0.25) is 0 Å². The predicted molar refractivity (Wildman–Crippen MR) is 47.7 cm³/mol. The molecule has 0 unspecified atom stereocenters. The van der Waals surface area contributed by atoms with Crippen LogP contribution in [0.1, 0.15) is 31.5 Å². The number of hydrogen-bond donors (Lipinski definition) is 0. The minimum Gasteiger partial charge on any atom is -0.339 e. The van der Waals surface area contributed by atoms with E-state index in [-0.39, 0.29) is 36.8 Å². The van der Waals surface area contributed by atoms with E-state index in [0.29, 0.717) is 0 Å². The maximum atomic E-state index is 11.9. The molecule has 1 aromatic heterocycles. The smallest absolute Gasteiger partial charge is 0.339 e. The normalized spacial score (nSPS) is 11.8. The van der Waals surface area contributed by atoms with Gasteiger partial charge in [-0.1, -0.05) is 5.16 Å². The lowest BCUT2D eigenvalue weighted by Crippen LogP contribution is -2.09. The molecule has 0 saturated heterocycles. The third-order valence-corrected chi connectivity index (χ3v) is 1.83. The number of aryl methyl sites for hydroxylation is 2. The molecule has 1 heterocycles. The van der Waals surface area contributed by atoms with E-state index in [1.165, 1.54) is 6.92 Å². The summed E-state index contributed by atoms with van der Waals surface area (Å²) in [6.07, 6.45) is -4.97. The molecule has 16 heavy (non-hydrogen) atoms. The highest BCUT2D eigenvalue weighted by molar-refractivity contribution is 5.75. The van der Waals surface area contributed by atoms with Crippen LogP contribution in [0.25, 0.3) is 0 Å². The Morgan fingerprint density at radius 3 is 2.62 bits per heavy atom. The van der Waals surface area contributed by atoms with Gasteiger partial charge in [0.05, 0.1) is 6.42 Å². The van der Waals surface area contributed by atoms with E-state index in [1.807, 2.05) is 0 Å². The van der Waals surface area contributed by atoms with Crippen molar-refractivity contribution >= 4 is 5.78 Å². The molecule has 0 bridgehead atoms. The van der Waals surface area contributed by atoms with E-state index in [0.717, 1.165) is 0 Å². The Morgan fingerprint density at radius 1 is 1.38 bits per heavy atom. The standard InChI is InChI=1S/C9H11F3N2O2/c1-6(15)2-3-8-13-7(14-16-8)4-5-9(10,11)12/h2-5H2,1H3. The topological polar surface area (TPSA) is 56.0 Å². The molecule has 0 aromatic carbocycles. The van der Waals surface area contributed by atoms with Crippen molar-refractivity contribution in [2.45, 2.75) is 38.8 Å². The number of hydrogen-bond acceptors (Lipinski definition) is 4. The van der Waals surface area contributed by atoms with Gasteiger partial charge >= 0.3 is 6.18 Å². The molecule has 4 nitrogen and oxygen atoms in total. The Hall–Kier alpha value is -1.40. The summed E-state index contributed by atoms with van der Waals surface area (Å²) in [7, 11) is 0. The SMILES string of the molecule is CC(=O)CCc1nc(CCC(F)(F)F)no1. The average molecular weight is 236 g/mol. The maximum absolute atomic E-state index is 11.9. The Kier molecular flexibility index (Phi) is 4.03. The minimum atomic E-state index is -4.22. The summed E-state index contributed by atoms with van der Waals surface area (Å²) < 4.78 is 40.3. The van der Waals surface area contributed by atoms with Gasteiger partial charge in [-0.05, 0) is 6.92 Å². The van der Waals surface area contributed by atoms with Gasteiger partial charge in [-0.15, -0.1) is 0 Å². The molecule has 0 spiro atoms. The first-order valence-corrected chi connectivity index (χ1v) is 4.74. The summed E-state index contributed by atoms with van der Waals surface area (Å²) in [5.74, 6) is 0.193. The fourth-order valence-electron chi connectivity index (χ4n) is 1.03. The van der Waals surface area contributed by atoms with Gasteiger partial charge in [-0.3, -0.25) is 0 Å². The van der Waals surface area contributed by atoms with Gasteiger partial charge in [0.1, 0.15) is 5.78 Å². The second kappa shape index (κ2) is 5.09. The van der Waals surface area contributed by atoms with Crippen LogP contribution < -0.4 is 0 Å². The molecule has 0 amide bonds. The van der Waals surface area contributed by atoms with Crippen LogP contribution in [0, 0.1) is 0 Å². The molecule has 0 radical (unpaired) electrons.